The Bertz CT molecular complexity index is 492. The summed E-state index contributed by atoms with van der Waals surface area (Å²) >= 11 is 0. The normalized spacial score (nSPS) is 23.5. The molecule has 5 heteroatoms. The summed E-state index contributed by atoms with van der Waals surface area (Å²) in [7, 11) is 0. The Kier molecular flexibility index (Phi) is 6.57. The number of nitrogens with zero attached hydrogens (tertiary/aromatic N) is 1. The second kappa shape index (κ2) is 8.43. The van der Waals surface area contributed by atoms with Gasteiger partial charge in [0.25, 0.3) is 0 Å². The molecule has 2 rings (SSSR count). The first kappa shape index (κ1) is 17.9. The van der Waals surface area contributed by atoms with E-state index in [9.17, 15) is 9.90 Å². The molecule has 0 aliphatic carbocycles. The van der Waals surface area contributed by atoms with Crippen molar-refractivity contribution < 1.29 is 19.4 Å². The summed E-state index contributed by atoms with van der Waals surface area (Å²) in [5, 5.41) is 10.2. The SMILES string of the molecule is CCC(=O)c1ccc(OC[C@H](O)CN2C[C@H](C)O[C@@H](C)C2)cc1. The zero-order valence-corrected chi connectivity index (χ0v) is 14.2. The average molecular weight is 321 g/mol. The molecule has 1 aromatic carbocycles. The summed E-state index contributed by atoms with van der Waals surface area (Å²) in [5.41, 5.74) is 0.691. The van der Waals surface area contributed by atoms with E-state index in [2.05, 4.69) is 4.90 Å². The van der Waals surface area contributed by atoms with Gasteiger partial charge in [0.15, 0.2) is 5.78 Å². The van der Waals surface area contributed by atoms with Crippen LogP contribution in [-0.2, 0) is 4.74 Å². The average Bonchev–Trinajstić information content (AvgIpc) is 2.51. The van der Waals surface area contributed by atoms with Crippen molar-refractivity contribution in [2.24, 2.45) is 0 Å². The van der Waals surface area contributed by atoms with Crippen LogP contribution < -0.4 is 4.74 Å². The number of ether oxygens (including phenoxy) is 2. The summed E-state index contributed by atoms with van der Waals surface area (Å²) in [6.07, 6.45) is 0.324. The van der Waals surface area contributed by atoms with Gasteiger partial charge >= 0.3 is 0 Å². The van der Waals surface area contributed by atoms with E-state index in [-0.39, 0.29) is 24.6 Å². The molecular formula is C18H27NO4. The van der Waals surface area contributed by atoms with Crippen molar-refractivity contribution in [3.05, 3.63) is 29.8 Å². The van der Waals surface area contributed by atoms with Gasteiger partial charge in [0.1, 0.15) is 18.5 Å². The molecule has 23 heavy (non-hydrogen) atoms. The van der Waals surface area contributed by atoms with Crippen molar-refractivity contribution in [3.8, 4) is 5.75 Å². The molecule has 1 aliphatic rings. The molecule has 0 saturated carbocycles. The van der Waals surface area contributed by atoms with Crippen LogP contribution in [-0.4, -0.2) is 60.3 Å². The number of hydrogen-bond acceptors (Lipinski definition) is 5. The number of Topliss-reactive ketones (excluding diaryl/α,β-unsaturated/α-hetero) is 1. The predicted octanol–water partition coefficient (Wildman–Crippen LogP) is 2.13. The van der Waals surface area contributed by atoms with E-state index in [1.807, 2.05) is 20.8 Å². The lowest BCUT2D eigenvalue weighted by atomic mass is 10.1. The fourth-order valence-electron chi connectivity index (χ4n) is 2.92. The first-order valence-corrected chi connectivity index (χ1v) is 8.29. The van der Waals surface area contributed by atoms with Crippen LogP contribution in [0.25, 0.3) is 0 Å². The van der Waals surface area contributed by atoms with Crippen molar-refractivity contribution in [3.63, 3.8) is 0 Å². The molecule has 1 aromatic rings. The highest BCUT2D eigenvalue weighted by atomic mass is 16.5. The van der Waals surface area contributed by atoms with Gasteiger partial charge in [-0.15, -0.1) is 0 Å². The topological polar surface area (TPSA) is 59.0 Å². The van der Waals surface area contributed by atoms with Gasteiger partial charge in [0.05, 0.1) is 12.2 Å². The predicted molar refractivity (Wildman–Crippen MR) is 89.0 cm³/mol. The highest BCUT2D eigenvalue weighted by Crippen LogP contribution is 2.15. The van der Waals surface area contributed by atoms with Crippen molar-refractivity contribution in [1.82, 2.24) is 4.90 Å². The molecule has 0 bridgehead atoms. The Hall–Kier alpha value is -1.43. The van der Waals surface area contributed by atoms with E-state index in [0.717, 1.165) is 13.1 Å². The van der Waals surface area contributed by atoms with Crippen LogP contribution in [0.2, 0.25) is 0 Å². The van der Waals surface area contributed by atoms with Crippen LogP contribution in [0, 0.1) is 0 Å². The number of benzene rings is 1. The number of morpholine rings is 1. The molecule has 3 atom stereocenters. The fraction of sp³-hybridized carbons (Fsp3) is 0.611. The van der Waals surface area contributed by atoms with Gasteiger partial charge in [-0.1, -0.05) is 6.92 Å². The summed E-state index contributed by atoms with van der Waals surface area (Å²) < 4.78 is 11.3. The van der Waals surface area contributed by atoms with Gasteiger partial charge in [-0.25, -0.2) is 0 Å². The monoisotopic (exact) mass is 321 g/mol. The van der Waals surface area contributed by atoms with Crippen molar-refractivity contribution in [2.75, 3.05) is 26.2 Å². The maximum Gasteiger partial charge on any atom is 0.162 e. The molecule has 0 amide bonds. The van der Waals surface area contributed by atoms with Crippen LogP contribution in [0.5, 0.6) is 5.75 Å². The largest absolute Gasteiger partial charge is 0.491 e. The first-order chi connectivity index (χ1) is 11.0. The van der Waals surface area contributed by atoms with Gasteiger partial charge in [0.2, 0.25) is 0 Å². The molecular weight excluding hydrogens is 294 g/mol. The Morgan fingerprint density at radius 3 is 2.48 bits per heavy atom. The van der Waals surface area contributed by atoms with Gasteiger partial charge in [-0.3, -0.25) is 9.69 Å². The number of ketones is 1. The maximum atomic E-state index is 11.6. The smallest absolute Gasteiger partial charge is 0.162 e. The summed E-state index contributed by atoms with van der Waals surface area (Å²) in [5.74, 6) is 0.785. The molecule has 0 spiro atoms. The van der Waals surface area contributed by atoms with E-state index < -0.39 is 6.10 Å². The summed E-state index contributed by atoms with van der Waals surface area (Å²) in [6, 6.07) is 7.07. The zero-order valence-electron chi connectivity index (χ0n) is 14.2. The molecule has 1 N–H and O–H groups in total. The second-order valence-electron chi connectivity index (χ2n) is 6.24. The Labute approximate surface area is 138 Å². The van der Waals surface area contributed by atoms with Crippen LogP contribution in [0.4, 0.5) is 0 Å². The second-order valence-corrected chi connectivity index (χ2v) is 6.24. The highest BCUT2D eigenvalue weighted by molar-refractivity contribution is 5.95. The zero-order chi connectivity index (χ0) is 16.8. The van der Waals surface area contributed by atoms with E-state index in [1.54, 1.807) is 24.3 Å². The third kappa shape index (κ3) is 5.61. The minimum absolute atomic E-state index is 0.118. The first-order valence-electron chi connectivity index (χ1n) is 8.29. The Balaban J connectivity index is 1.77. The molecule has 0 aromatic heterocycles. The molecule has 128 valence electrons. The molecule has 0 unspecified atom stereocenters. The van der Waals surface area contributed by atoms with Crippen LogP contribution >= 0.6 is 0 Å². The van der Waals surface area contributed by atoms with Crippen molar-refractivity contribution in [2.45, 2.75) is 45.5 Å². The minimum Gasteiger partial charge on any atom is -0.491 e. The Morgan fingerprint density at radius 2 is 1.91 bits per heavy atom. The van der Waals surface area contributed by atoms with E-state index in [4.69, 9.17) is 9.47 Å². The molecule has 0 radical (unpaired) electrons. The number of hydrogen-bond donors (Lipinski definition) is 1. The quantitative estimate of drug-likeness (QED) is 0.780. The lowest BCUT2D eigenvalue weighted by Gasteiger charge is -2.36. The van der Waals surface area contributed by atoms with Crippen LogP contribution in [0.1, 0.15) is 37.6 Å². The van der Waals surface area contributed by atoms with Gasteiger partial charge in [-0.05, 0) is 38.1 Å². The summed E-state index contributed by atoms with van der Waals surface area (Å²) in [4.78, 5) is 13.8. The molecule has 5 nitrogen and oxygen atoms in total. The number of aliphatic hydroxyl groups excluding tert-OH is 1. The maximum absolute atomic E-state index is 11.6. The van der Waals surface area contributed by atoms with E-state index >= 15 is 0 Å². The lowest BCUT2D eigenvalue weighted by Crippen LogP contribution is -2.48. The lowest BCUT2D eigenvalue weighted by molar-refractivity contribution is -0.0786. The van der Waals surface area contributed by atoms with Gasteiger partial charge in [-0.2, -0.15) is 0 Å². The van der Waals surface area contributed by atoms with Gasteiger partial charge < -0.3 is 14.6 Å². The molecule has 1 aliphatic heterocycles. The van der Waals surface area contributed by atoms with Gasteiger partial charge in [0, 0.05) is 31.6 Å². The number of carbonyl (C=O) groups excluding carboxylic acids is 1. The van der Waals surface area contributed by atoms with Crippen molar-refractivity contribution >= 4 is 5.78 Å². The highest BCUT2D eigenvalue weighted by Gasteiger charge is 2.23. The third-order valence-corrected chi connectivity index (χ3v) is 3.90. The summed E-state index contributed by atoms with van der Waals surface area (Å²) in [6.45, 7) is 8.40. The third-order valence-electron chi connectivity index (χ3n) is 3.90. The number of carbonyl (C=O) groups is 1. The van der Waals surface area contributed by atoms with Crippen molar-refractivity contribution in [1.29, 1.82) is 0 Å². The number of aliphatic hydroxyl groups is 1. The molecule has 1 saturated heterocycles. The van der Waals surface area contributed by atoms with E-state index in [1.165, 1.54) is 0 Å². The fourth-order valence-corrected chi connectivity index (χ4v) is 2.92. The number of rotatable bonds is 7. The molecule has 1 heterocycles. The van der Waals surface area contributed by atoms with E-state index in [0.29, 0.717) is 24.3 Å². The van der Waals surface area contributed by atoms with Crippen LogP contribution in [0.3, 0.4) is 0 Å². The number of β-amino-alcohol motifs (C(OH)–C–C–N with tert-alkyl or cyclic N) is 1. The Morgan fingerprint density at radius 1 is 1.30 bits per heavy atom. The molecule has 1 fully saturated rings. The minimum atomic E-state index is -0.551. The standard InChI is InChI=1S/C18H27NO4/c1-4-18(21)15-5-7-17(8-6-15)22-12-16(20)11-19-9-13(2)23-14(3)10-19/h5-8,13-14,16,20H,4,9-12H2,1-3H3/t13-,14-,16+/m0/s1. The van der Waals surface area contributed by atoms with Crippen LogP contribution in [0.15, 0.2) is 24.3 Å².